The number of hydrogen-bond acceptors (Lipinski definition) is 4. The Morgan fingerprint density at radius 1 is 1.22 bits per heavy atom. The van der Waals surface area contributed by atoms with E-state index in [1.54, 1.807) is 37.3 Å². The Labute approximate surface area is 140 Å². The summed E-state index contributed by atoms with van der Waals surface area (Å²) in [7, 11) is -3.60. The van der Waals surface area contributed by atoms with Crippen molar-refractivity contribution in [2.45, 2.75) is 31.2 Å². The van der Waals surface area contributed by atoms with Crippen molar-refractivity contribution in [3.8, 4) is 0 Å². The molecule has 0 radical (unpaired) electrons. The van der Waals surface area contributed by atoms with Crippen molar-refractivity contribution in [3.63, 3.8) is 0 Å². The molecule has 0 fully saturated rings. The van der Waals surface area contributed by atoms with E-state index >= 15 is 0 Å². The SMILES string of the molecule is CC(C)NS(=O)(=O)c1cccc(C(=O)NCCc2cccs2)c1. The van der Waals surface area contributed by atoms with E-state index in [1.807, 2.05) is 17.5 Å². The second kappa shape index (κ2) is 7.72. The molecule has 0 atom stereocenters. The van der Waals surface area contributed by atoms with Crippen LogP contribution in [0.2, 0.25) is 0 Å². The van der Waals surface area contributed by atoms with Gasteiger partial charge in [-0.25, -0.2) is 13.1 Å². The predicted octanol–water partition coefficient (Wildman–Crippen LogP) is 2.41. The van der Waals surface area contributed by atoms with Crippen molar-refractivity contribution in [3.05, 3.63) is 52.2 Å². The van der Waals surface area contributed by atoms with Crippen LogP contribution in [0.5, 0.6) is 0 Å². The molecule has 23 heavy (non-hydrogen) atoms. The van der Waals surface area contributed by atoms with Crippen LogP contribution in [-0.4, -0.2) is 26.9 Å². The minimum absolute atomic E-state index is 0.0945. The Bertz CT molecular complexity index is 753. The molecule has 1 amide bonds. The summed E-state index contributed by atoms with van der Waals surface area (Å²) in [5.74, 6) is -0.275. The normalized spacial score (nSPS) is 11.6. The number of benzene rings is 1. The molecule has 0 aliphatic carbocycles. The van der Waals surface area contributed by atoms with Gasteiger partial charge in [-0.05, 0) is 49.9 Å². The van der Waals surface area contributed by atoms with Crippen LogP contribution < -0.4 is 10.0 Å². The summed E-state index contributed by atoms with van der Waals surface area (Å²) in [6, 6.07) is 9.83. The van der Waals surface area contributed by atoms with Crippen LogP contribution >= 0.6 is 11.3 Å². The summed E-state index contributed by atoms with van der Waals surface area (Å²) in [5, 5.41) is 4.80. The Kier molecular flexibility index (Phi) is 5.92. The first-order valence-electron chi connectivity index (χ1n) is 7.31. The number of thiophene rings is 1. The molecule has 2 rings (SSSR count). The molecule has 0 unspecified atom stereocenters. The van der Waals surface area contributed by atoms with E-state index in [2.05, 4.69) is 10.0 Å². The lowest BCUT2D eigenvalue weighted by molar-refractivity contribution is 0.0954. The molecule has 1 aromatic carbocycles. The number of sulfonamides is 1. The van der Waals surface area contributed by atoms with Gasteiger partial charge in [0, 0.05) is 23.0 Å². The highest BCUT2D eigenvalue weighted by Crippen LogP contribution is 2.12. The summed E-state index contributed by atoms with van der Waals surface area (Å²) >= 11 is 1.64. The molecule has 0 bridgehead atoms. The van der Waals surface area contributed by atoms with Gasteiger partial charge in [0.1, 0.15) is 0 Å². The van der Waals surface area contributed by atoms with E-state index in [1.165, 1.54) is 17.0 Å². The molecule has 1 heterocycles. The third-order valence-electron chi connectivity index (χ3n) is 3.03. The van der Waals surface area contributed by atoms with E-state index in [4.69, 9.17) is 0 Å². The molecule has 2 aromatic rings. The Morgan fingerprint density at radius 3 is 2.65 bits per heavy atom. The minimum atomic E-state index is -3.60. The fourth-order valence-electron chi connectivity index (χ4n) is 2.04. The van der Waals surface area contributed by atoms with E-state index in [-0.39, 0.29) is 16.8 Å². The zero-order valence-corrected chi connectivity index (χ0v) is 14.7. The summed E-state index contributed by atoms with van der Waals surface area (Å²) in [6.45, 7) is 4.01. The van der Waals surface area contributed by atoms with E-state index < -0.39 is 10.0 Å². The van der Waals surface area contributed by atoms with Crippen molar-refractivity contribution in [1.29, 1.82) is 0 Å². The van der Waals surface area contributed by atoms with Crippen molar-refractivity contribution in [1.82, 2.24) is 10.0 Å². The molecule has 0 aliphatic heterocycles. The summed E-state index contributed by atoms with van der Waals surface area (Å²) < 4.78 is 26.8. The Morgan fingerprint density at radius 2 is 2.00 bits per heavy atom. The smallest absolute Gasteiger partial charge is 0.251 e. The van der Waals surface area contributed by atoms with Gasteiger partial charge in [0.2, 0.25) is 10.0 Å². The van der Waals surface area contributed by atoms with Crippen LogP contribution in [-0.2, 0) is 16.4 Å². The molecular weight excluding hydrogens is 332 g/mol. The summed E-state index contributed by atoms with van der Waals surface area (Å²) in [4.78, 5) is 13.4. The van der Waals surface area contributed by atoms with Gasteiger partial charge in [-0.1, -0.05) is 12.1 Å². The number of amides is 1. The van der Waals surface area contributed by atoms with Crippen LogP contribution in [0.15, 0.2) is 46.7 Å². The monoisotopic (exact) mass is 352 g/mol. The van der Waals surface area contributed by atoms with E-state index in [0.29, 0.717) is 12.1 Å². The average Bonchev–Trinajstić information content (AvgIpc) is 2.99. The third-order valence-corrected chi connectivity index (χ3v) is 5.63. The predicted molar refractivity (Wildman–Crippen MR) is 92.3 cm³/mol. The van der Waals surface area contributed by atoms with Gasteiger partial charge in [-0.15, -0.1) is 11.3 Å². The lowest BCUT2D eigenvalue weighted by Crippen LogP contribution is -2.30. The fraction of sp³-hybridized carbons (Fsp3) is 0.312. The van der Waals surface area contributed by atoms with Gasteiger partial charge in [0.25, 0.3) is 5.91 Å². The van der Waals surface area contributed by atoms with Crippen LogP contribution in [0, 0.1) is 0 Å². The highest BCUT2D eigenvalue weighted by Gasteiger charge is 2.17. The first-order chi connectivity index (χ1) is 10.9. The zero-order valence-electron chi connectivity index (χ0n) is 13.1. The largest absolute Gasteiger partial charge is 0.352 e. The van der Waals surface area contributed by atoms with Crippen LogP contribution in [0.25, 0.3) is 0 Å². The molecule has 124 valence electrons. The molecule has 0 saturated heterocycles. The molecule has 2 N–H and O–H groups in total. The van der Waals surface area contributed by atoms with Gasteiger partial charge in [0.15, 0.2) is 0 Å². The Hall–Kier alpha value is -1.70. The second-order valence-corrected chi connectivity index (χ2v) is 8.14. The molecule has 7 heteroatoms. The van der Waals surface area contributed by atoms with Crippen molar-refractivity contribution in [2.75, 3.05) is 6.54 Å². The Balaban J connectivity index is 2.02. The molecule has 0 aliphatic rings. The average molecular weight is 352 g/mol. The van der Waals surface area contributed by atoms with E-state index in [0.717, 1.165) is 6.42 Å². The number of carbonyl (C=O) groups excluding carboxylic acids is 1. The van der Waals surface area contributed by atoms with Gasteiger partial charge >= 0.3 is 0 Å². The van der Waals surface area contributed by atoms with Gasteiger partial charge < -0.3 is 5.32 Å². The minimum Gasteiger partial charge on any atom is -0.352 e. The van der Waals surface area contributed by atoms with Crippen molar-refractivity contribution in [2.24, 2.45) is 0 Å². The van der Waals surface area contributed by atoms with Gasteiger partial charge in [0.05, 0.1) is 4.90 Å². The topological polar surface area (TPSA) is 75.3 Å². The van der Waals surface area contributed by atoms with Crippen LogP contribution in [0.4, 0.5) is 0 Å². The number of rotatable bonds is 7. The lowest BCUT2D eigenvalue weighted by atomic mass is 10.2. The molecular formula is C16H20N2O3S2. The van der Waals surface area contributed by atoms with Gasteiger partial charge in [-0.3, -0.25) is 4.79 Å². The fourth-order valence-corrected chi connectivity index (χ4v) is 4.04. The maximum Gasteiger partial charge on any atom is 0.251 e. The quantitative estimate of drug-likeness (QED) is 0.803. The second-order valence-electron chi connectivity index (χ2n) is 5.39. The van der Waals surface area contributed by atoms with E-state index in [9.17, 15) is 13.2 Å². The maximum atomic E-state index is 12.2. The molecule has 5 nitrogen and oxygen atoms in total. The van der Waals surface area contributed by atoms with Gasteiger partial charge in [-0.2, -0.15) is 0 Å². The van der Waals surface area contributed by atoms with Crippen LogP contribution in [0.1, 0.15) is 29.1 Å². The lowest BCUT2D eigenvalue weighted by Gasteiger charge is -2.10. The first-order valence-corrected chi connectivity index (χ1v) is 9.68. The summed E-state index contributed by atoms with van der Waals surface area (Å²) in [6.07, 6.45) is 0.760. The molecule has 1 aromatic heterocycles. The zero-order chi connectivity index (χ0) is 16.9. The standard InChI is InChI=1S/C16H20N2O3S2/c1-12(2)18-23(20,21)15-7-3-5-13(11-15)16(19)17-9-8-14-6-4-10-22-14/h3-7,10-12,18H,8-9H2,1-2H3,(H,17,19). The number of hydrogen-bond donors (Lipinski definition) is 2. The third kappa shape index (κ3) is 5.16. The first kappa shape index (κ1) is 17.7. The highest BCUT2D eigenvalue weighted by molar-refractivity contribution is 7.89. The highest BCUT2D eigenvalue weighted by atomic mass is 32.2. The number of nitrogens with one attached hydrogen (secondary N) is 2. The van der Waals surface area contributed by atoms with Crippen LogP contribution in [0.3, 0.4) is 0 Å². The summed E-state index contributed by atoms with van der Waals surface area (Å²) in [5.41, 5.74) is 0.336. The molecule has 0 saturated carbocycles. The maximum absolute atomic E-state index is 12.2. The van der Waals surface area contributed by atoms with Crippen molar-refractivity contribution < 1.29 is 13.2 Å². The van der Waals surface area contributed by atoms with Crippen molar-refractivity contribution >= 4 is 27.3 Å². The number of carbonyl (C=O) groups is 1. The molecule has 0 spiro atoms.